The molecule has 156 valence electrons. The molecule has 0 aliphatic heterocycles. The van der Waals surface area contributed by atoms with Gasteiger partial charge in [-0.15, -0.1) is 0 Å². The number of amides is 1. The van der Waals surface area contributed by atoms with Gasteiger partial charge in [0.15, 0.2) is 12.7 Å². The molecule has 9 heteroatoms. The average Bonchev–Trinajstić information content (AvgIpc) is 2.71. The number of carbonyl (C=O) groups excluding carboxylic acids is 2. The highest BCUT2D eigenvalue weighted by molar-refractivity contribution is 7.89. The summed E-state index contributed by atoms with van der Waals surface area (Å²) in [5.41, 5.74) is 0.279. The maximum absolute atomic E-state index is 12.2. The van der Waals surface area contributed by atoms with Gasteiger partial charge in [-0.05, 0) is 36.8 Å². The van der Waals surface area contributed by atoms with Crippen molar-refractivity contribution in [2.24, 2.45) is 0 Å². The van der Waals surface area contributed by atoms with Crippen LogP contribution in [-0.2, 0) is 24.3 Å². The Balaban J connectivity index is 1.93. The second-order valence-electron chi connectivity index (χ2n) is 6.30. The molecule has 0 bridgehead atoms. The van der Waals surface area contributed by atoms with Crippen molar-refractivity contribution in [2.75, 3.05) is 26.0 Å². The van der Waals surface area contributed by atoms with Crippen LogP contribution in [0.3, 0.4) is 0 Å². The topological polar surface area (TPSA) is 102 Å². The molecule has 0 spiro atoms. The zero-order valence-corrected chi connectivity index (χ0v) is 17.3. The first-order valence-electron chi connectivity index (χ1n) is 8.94. The van der Waals surface area contributed by atoms with Crippen LogP contribution in [0.5, 0.6) is 5.75 Å². The number of rotatable bonds is 9. The van der Waals surface area contributed by atoms with Crippen LogP contribution in [0.4, 0.5) is 5.69 Å². The van der Waals surface area contributed by atoms with Gasteiger partial charge in [0.25, 0.3) is 5.91 Å². The van der Waals surface area contributed by atoms with Crippen molar-refractivity contribution >= 4 is 27.6 Å². The van der Waals surface area contributed by atoms with E-state index in [-0.39, 0.29) is 10.6 Å². The first-order valence-corrected chi connectivity index (χ1v) is 10.4. The summed E-state index contributed by atoms with van der Waals surface area (Å²) in [4.78, 5) is 24.3. The summed E-state index contributed by atoms with van der Waals surface area (Å²) in [7, 11) is -0.788. The van der Waals surface area contributed by atoms with E-state index in [9.17, 15) is 18.0 Å². The fraction of sp³-hybridized carbons (Fsp3) is 0.300. The van der Waals surface area contributed by atoms with Crippen LogP contribution in [0.1, 0.15) is 13.3 Å². The van der Waals surface area contributed by atoms with Gasteiger partial charge in [0, 0.05) is 19.8 Å². The second kappa shape index (κ2) is 10.0. The summed E-state index contributed by atoms with van der Waals surface area (Å²) in [6.45, 7) is 1.25. The molecular weight excluding hydrogens is 396 g/mol. The molecular formula is C20H24N2O6S. The number of benzene rings is 2. The Morgan fingerprint density at radius 2 is 1.76 bits per heavy atom. The molecule has 0 unspecified atom stereocenters. The fourth-order valence-electron chi connectivity index (χ4n) is 2.33. The number of para-hydroxylation sites is 1. The molecule has 2 rings (SSSR count). The molecule has 8 nitrogen and oxygen atoms in total. The van der Waals surface area contributed by atoms with Gasteiger partial charge in [0.1, 0.15) is 5.75 Å². The fourth-order valence-corrected chi connectivity index (χ4v) is 3.28. The number of esters is 1. The first-order chi connectivity index (χ1) is 13.7. The number of ether oxygens (including phenoxy) is 2. The third-order valence-corrected chi connectivity index (χ3v) is 5.71. The minimum Gasteiger partial charge on any atom is -0.479 e. The highest BCUT2D eigenvalue weighted by Gasteiger charge is 2.21. The van der Waals surface area contributed by atoms with Crippen LogP contribution in [0.2, 0.25) is 0 Å². The summed E-state index contributed by atoms with van der Waals surface area (Å²) in [5, 5.41) is 2.52. The maximum atomic E-state index is 12.2. The quantitative estimate of drug-likeness (QED) is 0.625. The smallest absolute Gasteiger partial charge is 0.347 e. The Hall–Kier alpha value is -2.91. The molecule has 0 heterocycles. The predicted molar refractivity (Wildman–Crippen MR) is 108 cm³/mol. The molecule has 1 atom stereocenters. The molecule has 2 aromatic rings. The van der Waals surface area contributed by atoms with Crippen molar-refractivity contribution < 1.29 is 27.5 Å². The number of hydrogen-bond donors (Lipinski definition) is 1. The molecule has 0 aromatic heterocycles. The molecule has 1 N–H and O–H groups in total. The van der Waals surface area contributed by atoms with Crippen LogP contribution in [0.15, 0.2) is 59.5 Å². The zero-order valence-electron chi connectivity index (χ0n) is 16.5. The van der Waals surface area contributed by atoms with E-state index in [4.69, 9.17) is 9.47 Å². The van der Waals surface area contributed by atoms with Gasteiger partial charge in [-0.3, -0.25) is 4.79 Å². The number of hydrogen-bond acceptors (Lipinski definition) is 6. The zero-order chi connectivity index (χ0) is 21.4. The van der Waals surface area contributed by atoms with E-state index in [1.165, 1.54) is 32.3 Å². The van der Waals surface area contributed by atoms with E-state index in [2.05, 4.69) is 5.32 Å². The van der Waals surface area contributed by atoms with Gasteiger partial charge in [-0.25, -0.2) is 17.5 Å². The lowest BCUT2D eigenvalue weighted by Gasteiger charge is -2.16. The van der Waals surface area contributed by atoms with Crippen molar-refractivity contribution in [3.05, 3.63) is 54.6 Å². The number of sulfonamides is 1. The highest BCUT2D eigenvalue weighted by atomic mass is 32.2. The van der Waals surface area contributed by atoms with Crippen molar-refractivity contribution in [1.82, 2.24) is 4.31 Å². The number of nitrogens with one attached hydrogen (secondary N) is 1. The summed E-state index contributed by atoms with van der Waals surface area (Å²) in [5.74, 6) is -0.720. The largest absolute Gasteiger partial charge is 0.479 e. The van der Waals surface area contributed by atoms with E-state index < -0.39 is 34.6 Å². The maximum Gasteiger partial charge on any atom is 0.347 e. The molecule has 29 heavy (non-hydrogen) atoms. The Labute approximate surface area is 170 Å². The third-order valence-electron chi connectivity index (χ3n) is 3.90. The van der Waals surface area contributed by atoms with Crippen molar-refractivity contribution in [1.29, 1.82) is 0 Å². The molecule has 0 aliphatic carbocycles. The lowest BCUT2D eigenvalue weighted by Crippen LogP contribution is -2.31. The first kappa shape index (κ1) is 22.4. The van der Waals surface area contributed by atoms with Gasteiger partial charge in [-0.1, -0.05) is 31.2 Å². The van der Waals surface area contributed by atoms with Crippen molar-refractivity contribution in [3.8, 4) is 5.75 Å². The summed E-state index contributed by atoms with van der Waals surface area (Å²) < 4.78 is 36.0. The van der Waals surface area contributed by atoms with Gasteiger partial charge in [0.05, 0.1) is 4.90 Å². The highest BCUT2D eigenvalue weighted by Crippen LogP contribution is 2.18. The van der Waals surface area contributed by atoms with Crippen LogP contribution in [0.25, 0.3) is 0 Å². The van der Waals surface area contributed by atoms with Crippen LogP contribution in [0, 0.1) is 0 Å². The van der Waals surface area contributed by atoms with E-state index in [1.807, 2.05) is 6.07 Å². The standard InChI is InChI=1S/C20H24N2O6S/c1-4-18(28-16-10-6-5-7-11-16)20(24)27-14-19(23)21-15-9-8-12-17(13-15)29(25,26)22(2)3/h5-13,18H,4,14H2,1-3H3,(H,21,23)/t18-/m1/s1. The van der Waals surface area contributed by atoms with E-state index in [1.54, 1.807) is 37.3 Å². The SMILES string of the molecule is CC[C@@H](Oc1ccccc1)C(=O)OCC(=O)Nc1cccc(S(=O)(=O)N(C)C)c1. The lowest BCUT2D eigenvalue weighted by atomic mass is 10.2. The molecule has 0 aliphatic rings. The number of nitrogens with zero attached hydrogens (tertiary/aromatic N) is 1. The summed E-state index contributed by atoms with van der Waals surface area (Å²) in [6.07, 6.45) is -0.460. The monoisotopic (exact) mass is 420 g/mol. The lowest BCUT2D eigenvalue weighted by molar-refractivity contribution is -0.154. The van der Waals surface area contributed by atoms with E-state index in [0.29, 0.717) is 12.2 Å². The van der Waals surface area contributed by atoms with Gasteiger partial charge in [0.2, 0.25) is 10.0 Å². The van der Waals surface area contributed by atoms with E-state index in [0.717, 1.165) is 4.31 Å². The van der Waals surface area contributed by atoms with Gasteiger partial charge >= 0.3 is 5.97 Å². The van der Waals surface area contributed by atoms with Gasteiger partial charge in [-0.2, -0.15) is 0 Å². The molecule has 0 saturated carbocycles. The summed E-state index contributed by atoms with van der Waals surface area (Å²) in [6, 6.07) is 14.7. The molecule has 0 saturated heterocycles. The number of anilines is 1. The molecule has 1 amide bonds. The molecule has 0 fully saturated rings. The number of carbonyl (C=O) groups is 2. The third kappa shape index (κ3) is 6.30. The Kier molecular flexibility index (Phi) is 7.74. The molecule has 0 radical (unpaired) electrons. The van der Waals surface area contributed by atoms with Crippen molar-refractivity contribution in [2.45, 2.75) is 24.3 Å². The van der Waals surface area contributed by atoms with Crippen LogP contribution < -0.4 is 10.1 Å². The normalized spacial score (nSPS) is 12.3. The Morgan fingerprint density at radius 1 is 1.07 bits per heavy atom. The van der Waals surface area contributed by atoms with Crippen LogP contribution >= 0.6 is 0 Å². The predicted octanol–water partition coefficient (Wildman–Crippen LogP) is 2.28. The minimum absolute atomic E-state index is 0.0413. The Morgan fingerprint density at radius 3 is 2.38 bits per heavy atom. The average molecular weight is 420 g/mol. The van der Waals surface area contributed by atoms with Crippen LogP contribution in [-0.4, -0.2) is 51.4 Å². The van der Waals surface area contributed by atoms with E-state index >= 15 is 0 Å². The second-order valence-corrected chi connectivity index (χ2v) is 8.45. The van der Waals surface area contributed by atoms with Crippen molar-refractivity contribution in [3.63, 3.8) is 0 Å². The summed E-state index contributed by atoms with van der Waals surface area (Å²) >= 11 is 0. The molecule has 2 aromatic carbocycles. The minimum atomic E-state index is -3.63. The Bertz CT molecular complexity index is 944. The van der Waals surface area contributed by atoms with Gasteiger partial charge < -0.3 is 14.8 Å².